The fraction of sp³-hybridized carbons (Fsp3) is 0.250. The number of aromatic nitrogens is 1. The average Bonchev–Trinajstić information content (AvgIpc) is 2.47. The smallest absolute Gasteiger partial charge is 0.142 e. The molecule has 2 aromatic rings. The molecule has 5 nitrogen and oxygen atoms in total. The van der Waals surface area contributed by atoms with Crippen LogP contribution in [-0.4, -0.2) is 29.9 Å². The molecule has 0 fully saturated rings. The summed E-state index contributed by atoms with van der Waals surface area (Å²) < 4.78 is 5.23. The van der Waals surface area contributed by atoms with Crippen LogP contribution < -0.4 is 10.5 Å². The number of ether oxygens (including phenoxy) is 1. The molecule has 21 heavy (non-hydrogen) atoms. The van der Waals surface area contributed by atoms with Gasteiger partial charge in [0.15, 0.2) is 0 Å². The highest BCUT2D eigenvalue weighted by Gasteiger charge is 2.09. The second kappa shape index (κ2) is 6.85. The Morgan fingerprint density at radius 2 is 2.10 bits per heavy atom. The highest BCUT2D eigenvalue weighted by atomic mass is 16.5. The van der Waals surface area contributed by atoms with Gasteiger partial charge < -0.3 is 10.5 Å². The highest BCUT2D eigenvalue weighted by Crippen LogP contribution is 2.15. The van der Waals surface area contributed by atoms with Gasteiger partial charge in [-0.15, -0.1) is 0 Å². The molecule has 1 heterocycles. The van der Waals surface area contributed by atoms with Gasteiger partial charge >= 0.3 is 0 Å². The summed E-state index contributed by atoms with van der Waals surface area (Å²) in [5, 5.41) is 7.57. The summed E-state index contributed by atoms with van der Waals surface area (Å²) in [6.45, 7) is 1.46. The number of rotatable bonds is 6. The molecule has 110 valence electrons. The SMILES string of the molecule is COc1cccc(CN(C)Cc2cccnc2C(=N)N)c1. The van der Waals surface area contributed by atoms with Crippen molar-refractivity contribution in [1.82, 2.24) is 9.88 Å². The lowest BCUT2D eigenvalue weighted by molar-refractivity contribution is 0.317. The average molecular weight is 284 g/mol. The number of methoxy groups -OCH3 is 1. The molecule has 0 aliphatic heterocycles. The first kappa shape index (κ1) is 15.0. The van der Waals surface area contributed by atoms with Gasteiger partial charge in [-0.3, -0.25) is 15.3 Å². The first-order valence-corrected chi connectivity index (χ1v) is 6.70. The maximum atomic E-state index is 7.57. The molecule has 0 aliphatic carbocycles. The summed E-state index contributed by atoms with van der Waals surface area (Å²) in [6.07, 6.45) is 1.66. The highest BCUT2D eigenvalue weighted by molar-refractivity contribution is 5.94. The van der Waals surface area contributed by atoms with E-state index in [4.69, 9.17) is 15.9 Å². The lowest BCUT2D eigenvalue weighted by Crippen LogP contribution is -2.22. The standard InChI is InChI=1S/C16H20N4O/c1-20(10-12-5-3-7-14(9-12)21-2)11-13-6-4-8-19-15(13)16(17)18/h3-9H,10-11H2,1-2H3,(H3,17,18). The molecule has 0 radical (unpaired) electrons. The molecule has 0 spiro atoms. The molecule has 1 aromatic carbocycles. The molecule has 3 N–H and O–H groups in total. The maximum absolute atomic E-state index is 7.57. The number of hydrogen-bond donors (Lipinski definition) is 2. The van der Waals surface area contributed by atoms with E-state index in [0.29, 0.717) is 12.2 Å². The van der Waals surface area contributed by atoms with E-state index in [0.717, 1.165) is 17.9 Å². The summed E-state index contributed by atoms with van der Waals surface area (Å²) in [7, 11) is 3.69. The van der Waals surface area contributed by atoms with Crippen LogP contribution >= 0.6 is 0 Å². The third kappa shape index (κ3) is 4.03. The quantitative estimate of drug-likeness (QED) is 0.628. The molecule has 0 aliphatic rings. The number of nitrogens with one attached hydrogen (secondary N) is 1. The first-order chi connectivity index (χ1) is 10.1. The van der Waals surface area contributed by atoms with Crippen LogP contribution in [0.3, 0.4) is 0 Å². The Bertz CT molecular complexity index is 627. The predicted molar refractivity (Wildman–Crippen MR) is 83.4 cm³/mol. The minimum Gasteiger partial charge on any atom is -0.497 e. The van der Waals surface area contributed by atoms with Crippen LogP contribution in [0.4, 0.5) is 0 Å². The number of hydrogen-bond acceptors (Lipinski definition) is 4. The molecule has 0 unspecified atom stereocenters. The van der Waals surface area contributed by atoms with E-state index in [9.17, 15) is 0 Å². The van der Waals surface area contributed by atoms with Gasteiger partial charge in [0.05, 0.1) is 7.11 Å². The van der Waals surface area contributed by atoms with Crippen molar-refractivity contribution < 1.29 is 4.74 Å². The summed E-state index contributed by atoms with van der Waals surface area (Å²) >= 11 is 0. The van der Waals surface area contributed by atoms with Crippen LogP contribution in [0.15, 0.2) is 42.6 Å². The summed E-state index contributed by atoms with van der Waals surface area (Å²) in [5.41, 5.74) is 8.24. The maximum Gasteiger partial charge on any atom is 0.142 e. The fourth-order valence-corrected chi connectivity index (χ4v) is 2.24. The Kier molecular flexibility index (Phi) is 4.90. The van der Waals surface area contributed by atoms with Crippen LogP contribution in [0.1, 0.15) is 16.8 Å². The Morgan fingerprint density at radius 1 is 1.29 bits per heavy atom. The minimum absolute atomic E-state index is 0.000352. The minimum atomic E-state index is 0.000352. The van der Waals surface area contributed by atoms with Crippen molar-refractivity contribution in [2.45, 2.75) is 13.1 Å². The molecular weight excluding hydrogens is 264 g/mol. The van der Waals surface area contributed by atoms with E-state index >= 15 is 0 Å². The molecular formula is C16H20N4O. The zero-order valence-corrected chi connectivity index (χ0v) is 12.3. The summed E-state index contributed by atoms with van der Waals surface area (Å²) in [5.74, 6) is 0.854. The van der Waals surface area contributed by atoms with E-state index in [1.807, 2.05) is 37.4 Å². The molecule has 1 aromatic heterocycles. The monoisotopic (exact) mass is 284 g/mol. The van der Waals surface area contributed by atoms with Gasteiger partial charge in [0.25, 0.3) is 0 Å². The number of benzene rings is 1. The topological polar surface area (TPSA) is 75.2 Å². The number of nitrogens with zero attached hydrogens (tertiary/aromatic N) is 2. The number of amidine groups is 1. The second-order valence-electron chi connectivity index (χ2n) is 4.95. The number of nitrogen functional groups attached to an aromatic ring is 1. The van der Waals surface area contributed by atoms with Crippen LogP contribution in [-0.2, 0) is 13.1 Å². The molecule has 5 heteroatoms. The van der Waals surface area contributed by atoms with Crippen molar-refractivity contribution in [1.29, 1.82) is 5.41 Å². The first-order valence-electron chi connectivity index (χ1n) is 6.70. The summed E-state index contributed by atoms with van der Waals surface area (Å²) in [6, 6.07) is 11.8. The molecule has 2 rings (SSSR count). The van der Waals surface area contributed by atoms with E-state index in [1.165, 1.54) is 5.56 Å². The lowest BCUT2D eigenvalue weighted by Gasteiger charge is -2.18. The van der Waals surface area contributed by atoms with Gasteiger partial charge in [0, 0.05) is 19.3 Å². The molecule has 0 bridgehead atoms. The lowest BCUT2D eigenvalue weighted by atomic mass is 10.1. The Hall–Kier alpha value is -2.40. The van der Waals surface area contributed by atoms with Crippen LogP contribution in [0.25, 0.3) is 0 Å². The van der Waals surface area contributed by atoms with E-state index in [-0.39, 0.29) is 5.84 Å². The van der Waals surface area contributed by atoms with Gasteiger partial charge in [-0.1, -0.05) is 18.2 Å². The molecule has 0 amide bonds. The van der Waals surface area contributed by atoms with Crippen molar-refractivity contribution in [2.75, 3.05) is 14.2 Å². The summed E-state index contributed by atoms with van der Waals surface area (Å²) in [4.78, 5) is 6.32. The number of pyridine rings is 1. The second-order valence-corrected chi connectivity index (χ2v) is 4.95. The van der Waals surface area contributed by atoms with Crippen molar-refractivity contribution in [3.63, 3.8) is 0 Å². The van der Waals surface area contributed by atoms with Gasteiger partial charge in [-0.2, -0.15) is 0 Å². The molecule has 0 atom stereocenters. The third-order valence-electron chi connectivity index (χ3n) is 3.17. The van der Waals surface area contributed by atoms with E-state index in [1.54, 1.807) is 13.3 Å². The van der Waals surface area contributed by atoms with Crippen molar-refractivity contribution in [3.8, 4) is 5.75 Å². The Morgan fingerprint density at radius 3 is 2.81 bits per heavy atom. The van der Waals surface area contributed by atoms with E-state index in [2.05, 4.69) is 16.0 Å². The number of nitrogens with two attached hydrogens (primary N) is 1. The Balaban J connectivity index is 2.08. The zero-order valence-electron chi connectivity index (χ0n) is 12.3. The van der Waals surface area contributed by atoms with Crippen LogP contribution in [0.5, 0.6) is 5.75 Å². The fourth-order valence-electron chi connectivity index (χ4n) is 2.24. The Labute approximate surface area is 124 Å². The van der Waals surface area contributed by atoms with Crippen LogP contribution in [0, 0.1) is 5.41 Å². The van der Waals surface area contributed by atoms with Gasteiger partial charge in [-0.05, 0) is 36.4 Å². The predicted octanol–water partition coefficient (Wildman–Crippen LogP) is 2.01. The zero-order chi connectivity index (χ0) is 15.2. The van der Waals surface area contributed by atoms with Gasteiger partial charge in [-0.25, -0.2) is 0 Å². The van der Waals surface area contributed by atoms with Gasteiger partial charge in [0.2, 0.25) is 0 Å². The van der Waals surface area contributed by atoms with Crippen molar-refractivity contribution >= 4 is 5.84 Å². The molecule has 0 saturated carbocycles. The molecule has 0 saturated heterocycles. The van der Waals surface area contributed by atoms with E-state index < -0.39 is 0 Å². The normalized spacial score (nSPS) is 10.6. The third-order valence-corrected chi connectivity index (χ3v) is 3.17. The largest absolute Gasteiger partial charge is 0.497 e. The van der Waals surface area contributed by atoms with Gasteiger partial charge in [0.1, 0.15) is 17.3 Å². The van der Waals surface area contributed by atoms with Crippen molar-refractivity contribution in [3.05, 3.63) is 59.4 Å². The van der Waals surface area contributed by atoms with Crippen molar-refractivity contribution in [2.24, 2.45) is 5.73 Å². The van der Waals surface area contributed by atoms with Crippen LogP contribution in [0.2, 0.25) is 0 Å².